The van der Waals surface area contributed by atoms with E-state index in [0.29, 0.717) is 6.04 Å². The van der Waals surface area contributed by atoms with Crippen molar-refractivity contribution >= 4 is 17.7 Å². The second-order valence-corrected chi connectivity index (χ2v) is 5.46. The van der Waals surface area contributed by atoms with Gasteiger partial charge in [-0.15, -0.1) is 10.2 Å². The Balaban J connectivity index is 3.06. The van der Waals surface area contributed by atoms with E-state index >= 15 is 0 Å². The topological polar surface area (TPSA) is 68.0 Å². The molecular weight excluding hydrogens is 250 g/mol. The molecule has 0 aliphatic carbocycles. The molecule has 1 N–H and O–H groups in total. The highest BCUT2D eigenvalue weighted by Crippen LogP contribution is 2.28. The first-order valence-corrected chi connectivity index (χ1v) is 7.29. The standard InChI is InChI=1S/C12H21N3O2S/c1-5-9(6-2)15-11(8(3)4)13-14-12(15)18-7-10(16)17/h8-9H,5-7H2,1-4H3,(H,16,17). The molecule has 0 spiro atoms. The molecule has 18 heavy (non-hydrogen) atoms. The predicted octanol–water partition coefficient (Wildman–Crippen LogP) is 2.94. The van der Waals surface area contributed by atoms with E-state index < -0.39 is 5.97 Å². The van der Waals surface area contributed by atoms with Gasteiger partial charge in [-0.1, -0.05) is 39.5 Å². The molecule has 0 amide bonds. The third kappa shape index (κ3) is 3.48. The van der Waals surface area contributed by atoms with Gasteiger partial charge in [-0.3, -0.25) is 4.79 Å². The van der Waals surface area contributed by atoms with Crippen LogP contribution in [0.5, 0.6) is 0 Å². The van der Waals surface area contributed by atoms with Crippen molar-refractivity contribution in [2.45, 2.75) is 57.7 Å². The molecule has 0 radical (unpaired) electrons. The highest BCUT2D eigenvalue weighted by Gasteiger charge is 2.20. The first-order valence-electron chi connectivity index (χ1n) is 6.30. The van der Waals surface area contributed by atoms with Crippen LogP contribution in [-0.4, -0.2) is 31.6 Å². The van der Waals surface area contributed by atoms with E-state index in [0.717, 1.165) is 23.8 Å². The van der Waals surface area contributed by atoms with E-state index in [2.05, 4.69) is 42.5 Å². The molecule has 0 aliphatic heterocycles. The second-order valence-electron chi connectivity index (χ2n) is 4.52. The number of aliphatic carboxylic acids is 1. The molecule has 1 aromatic heterocycles. The van der Waals surface area contributed by atoms with Crippen LogP contribution in [-0.2, 0) is 4.79 Å². The number of nitrogens with zero attached hydrogens (tertiary/aromatic N) is 3. The molecule has 0 bridgehead atoms. The molecule has 0 aromatic carbocycles. The monoisotopic (exact) mass is 271 g/mol. The molecular formula is C12H21N3O2S. The van der Waals surface area contributed by atoms with Crippen LogP contribution in [0.2, 0.25) is 0 Å². The van der Waals surface area contributed by atoms with Crippen molar-refractivity contribution in [2.24, 2.45) is 0 Å². The molecule has 1 heterocycles. The minimum Gasteiger partial charge on any atom is -0.481 e. The maximum atomic E-state index is 10.7. The van der Waals surface area contributed by atoms with Crippen molar-refractivity contribution in [1.82, 2.24) is 14.8 Å². The van der Waals surface area contributed by atoms with Crippen LogP contribution < -0.4 is 0 Å². The molecule has 102 valence electrons. The minimum absolute atomic E-state index is 0.0242. The zero-order valence-corrected chi connectivity index (χ0v) is 12.2. The van der Waals surface area contributed by atoms with E-state index in [-0.39, 0.29) is 11.7 Å². The number of thioether (sulfide) groups is 1. The van der Waals surface area contributed by atoms with E-state index in [1.165, 1.54) is 11.8 Å². The van der Waals surface area contributed by atoms with Crippen LogP contribution >= 0.6 is 11.8 Å². The summed E-state index contributed by atoms with van der Waals surface area (Å²) in [6, 6.07) is 0.341. The van der Waals surface area contributed by atoms with Crippen LogP contribution in [0, 0.1) is 0 Å². The smallest absolute Gasteiger partial charge is 0.313 e. The Labute approximate surface area is 112 Å². The van der Waals surface area contributed by atoms with Crippen molar-refractivity contribution in [1.29, 1.82) is 0 Å². The van der Waals surface area contributed by atoms with Crippen molar-refractivity contribution in [2.75, 3.05) is 5.75 Å². The number of hydrogen-bond donors (Lipinski definition) is 1. The number of hydrogen-bond acceptors (Lipinski definition) is 4. The van der Waals surface area contributed by atoms with Gasteiger partial charge in [0.25, 0.3) is 0 Å². The van der Waals surface area contributed by atoms with Gasteiger partial charge < -0.3 is 9.67 Å². The summed E-state index contributed by atoms with van der Waals surface area (Å²) in [7, 11) is 0. The molecule has 1 rings (SSSR count). The Bertz CT molecular complexity index is 400. The highest BCUT2D eigenvalue weighted by molar-refractivity contribution is 7.99. The predicted molar refractivity (Wildman–Crippen MR) is 72.1 cm³/mol. The Morgan fingerprint density at radius 1 is 1.33 bits per heavy atom. The largest absolute Gasteiger partial charge is 0.481 e. The summed E-state index contributed by atoms with van der Waals surface area (Å²) in [5.41, 5.74) is 0. The molecule has 6 heteroatoms. The average Bonchev–Trinajstić information content (AvgIpc) is 2.72. The SMILES string of the molecule is CCC(CC)n1c(SCC(=O)O)nnc1C(C)C. The summed E-state index contributed by atoms with van der Waals surface area (Å²) in [6.07, 6.45) is 1.99. The fourth-order valence-corrected chi connectivity index (χ4v) is 2.64. The molecule has 0 atom stereocenters. The fourth-order valence-electron chi connectivity index (χ4n) is 1.90. The number of carboxylic acid groups (broad SMARTS) is 1. The van der Waals surface area contributed by atoms with Gasteiger partial charge in [-0.2, -0.15) is 0 Å². The van der Waals surface area contributed by atoms with Gasteiger partial charge in [-0.05, 0) is 12.8 Å². The third-order valence-corrected chi connectivity index (χ3v) is 3.77. The van der Waals surface area contributed by atoms with Crippen LogP contribution in [0.15, 0.2) is 5.16 Å². The summed E-state index contributed by atoms with van der Waals surface area (Å²) < 4.78 is 2.11. The number of aromatic nitrogens is 3. The molecule has 0 fully saturated rings. The lowest BCUT2D eigenvalue weighted by molar-refractivity contribution is -0.133. The quantitative estimate of drug-likeness (QED) is 0.772. The Morgan fingerprint density at radius 3 is 2.39 bits per heavy atom. The Hall–Kier alpha value is -1.04. The zero-order valence-electron chi connectivity index (χ0n) is 11.4. The molecule has 0 unspecified atom stereocenters. The maximum Gasteiger partial charge on any atom is 0.313 e. The van der Waals surface area contributed by atoms with Gasteiger partial charge in [0.2, 0.25) is 0 Å². The Morgan fingerprint density at radius 2 is 1.94 bits per heavy atom. The van der Waals surface area contributed by atoms with Crippen LogP contribution in [0.4, 0.5) is 0 Å². The molecule has 5 nitrogen and oxygen atoms in total. The molecule has 0 saturated carbocycles. The van der Waals surface area contributed by atoms with E-state index in [1.807, 2.05) is 0 Å². The lowest BCUT2D eigenvalue weighted by atomic mass is 10.1. The summed E-state index contributed by atoms with van der Waals surface area (Å²) in [4.78, 5) is 10.7. The van der Waals surface area contributed by atoms with Crippen LogP contribution in [0.3, 0.4) is 0 Å². The second kappa shape index (κ2) is 6.78. The van der Waals surface area contributed by atoms with Gasteiger partial charge in [-0.25, -0.2) is 0 Å². The van der Waals surface area contributed by atoms with E-state index in [4.69, 9.17) is 5.11 Å². The van der Waals surface area contributed by atoms with Crippen molar-refractivity contribution in [3.63, 3.8) is 0 Å². The van der Waals surface area contributed by atoms with Crippen LogP contribution in [0.1, 0.15) is 58.3 Å². The third-order valence-electron chi connectivity index (χ3n) is 2.84. The fraction of sp³-hybridized carbons (Fsp3) is 0.750. The lowest BCUT2D eigenvalue weighted by Crippen LogP contribution is -2.14. The normalized spacial score (nSPS) is 11.4. The van der Waals surface area contributed by atoms with Gasteiger partial charge >= 0.3 is 5.97 Å². The molecule has 1 aromatic rings. The number of carbonyl (C=O) groups is 1. The summed E-state index contributed by atoms with van der Waals surface area (Å²) in [5.74, 6) is 0.426. The Kier molecular flexibility index (Phi) is 5.65. The maximum absolute atomic E-state index is 10.7. The van der Waals surface area contributed by atoms with Gasteiger partial charge in [0.15, 0.2) is 5.16 Å². The number of rotatable bonds is 7. The first kappa shape index (κ1) is 15.0. The summed E-state index contributed by atoms with van der Waals surface area (Å²) in [5, 5.41) is 17.8. The minimum atomic E-state index is -0.829. The highest BCUT2D eigenvalue weighted by atomic mass is 32.2. The van der Waals surface area contributed by atoms with Gasteiger partial charge in [0, 0.05) is 12.0 Å². The van der Waals surface area contributed by atoms with E-state index in [1.54, 1.807) is 0 Å². The lowest BCUT2D eigenvalue weighted by Gasteiger charge is -2.20. The first-order chi connectivity index (χ1) is 8.51. The van der Waals surface area contributed by atoms with Crippen molar-refractivity contribution in [3.05, 3.63) is 5.82 Å². The van der Waals surface area contributed by atoms with Crippen molar-refractivity contribution < 1.29 is 9.90 Å². The van der Waals surface area contributed by atoms with Gasteiger partial charge in [0.1, 0.15) is 5.82 Å². The average molecular weight is 271 g/mol. The summed E-state index contributed by atoms with van der Waals surface area (Å²) in [6.45, 7) is 8.41. The molecule has 0 saturated heterocycles. The van der Waals surface area contributed by atoms with E-state index in [9.17, 15) is 4.79 Å². The summed E-state index contributed by atoms with van der Waals surface area (Å²) >= 11 is 1.24. The van der Waals surface area contributed by atoms with Gasteiger partial charge in [0.05, 0.1) is 5.75 Å². The van der Waals surface area contributed by atoms with Crippen LogP contribution in [0.25, 0.3) is 0 Å². The van der Waals surface area contributed by atoms with Crippen molar-refractivity contribution in [3.8, 4) is 0 Å². The number of carboxylic acids is 1. The zero-order chi connectivity index (χ0) is 13.7. The molecule has 0 aliphatic rings.